The van der Waals surface area contributed by atoms with Gasteiger partial charge in [0.15, 0.2) is 0 Å². The van der Waals surface area contributed by atoms with Crippen molar-refractivity contribution in [2.24, 2.45) is 0 Å². The number of fused-ring (bicyclic) bond motifs is 1. The molecule has 0 spiro atoms. The van der Waals surface area contributed by atoms with E-state index >= 15 is 0 Å². The van der Waals surface area contributed by atoms with Gasteiger partial charge in [-0.25, -0.2) is 4.98 Å². The van der Waals surface area contributed by atoms with Gasteiger partial charge < -0.3 is 15.4 Å². The highest BCUT2D eigenvalue weighted by Gasteiger charge is 2.10. The van der Waals surface area contributed by atoms with E-state index in [0.717, 1.165) is 16.7 Å². The zero-order chi connectivity index (χ0) is 21.6. The van der Waals surface area contributed by atoms with Crippen molar-refractivity contribution in [1.29, 1.82) is 0 Å². The minimum Gasteiger partial charge on any atom is -0.494 e. The first-order chi connectivity index (χ1) is 15.1. The molecule has 31 heavy (non-hydrogen) atoms. The number of amides is 2. The van der Waals surface area contributed by atoms with Crippen LogP contribution in [0.3, 0.4) is 0 Å². The Hall–Kier alpha value is -4.19. The molecule has 3 aromatic carbocycles. The predicted octanol–water partition coefficient (Wildman–Crippen LogP) is 5.14. The fourth-order valence-corrected chi connectivity index (χ4v) is 3.10. The normalized spacial score (nSPS) is 10.5. The number of nitrogens with one attached hydrogen (secondary N) is 2. The monoisotopic (exact) mass is 411 g/mol. The molecule has 0 fully saturated rings. The summed E-state index contributed by atoms with van der Waals surface area (Å²) in [6, 6.07) is 25.1. The van der Waals surface area contributed by atoms with Gasteiger partial charge in [0.05, 0.1) is 12.1 Å². The highest BCUT2D eigenvalue weighted by atomic mass is 16.5. The third kappa shape index (κ3) is 4.87. The van der Waals surface area contributed by atoms with E-state index in [-0.39, 0.29) is 11.8 Å². The van der Waals surface area contributed by atoms with E-state index in [1.807, 2.05) is 37.3 Å². The zero-order valence-corrected chi connectivity index (χ0v) is 17.0. The molecule has 1 heterocycles. The van der Waals surface area contributed by atoms with Gasteiger partial charge in [-0.1, -0.05) is 24.3 Å². The van der Waals surface area contributed by atoms with Crippen LogP contribution in [-0.2, 0) is 0 Å². The van der Waals surface area contributed by atoms with Crippen molar-refractivity contribution in [3.05, 3.63) is 96.2 Å². The van der Waals surface area contributed by atoms with Crippen molar-refractivity contribution in [2.75, 3.05) is 17.2 Å². The number of benzene rings is 3. The van der Waals surface area contributed by atoms with Gasteiger partial charge in [0.25, 0.3) is 11.8 Å². The molecule has 0 unspecified atom stereocenters. The molecule has 0 saturated heterocycles. The van der Waals surface area contributed by atoms with Crippen molar-refractivity contribution >= 4 is 34.1 Å². The summed E-state index contributed by atoms with van der Waals surface area (Å²) in [4.78, 5) is 29.4. The topological polar surface area (TPSA) is 80.3 Å². The first kappa shape index (κ1) is 20.1. The molecule has 4 rings (SSSR count). The van der Waals surface area contributed by atoms with Crippen LogP contribution in [-0.4, -0.2) is 23.4 Å². The molecular weight excluding hydrogens is 390 g/mol. The van der Waals surface area contributed by atoms with E-state index < -0.39 is 0 Å². The number of hydrogen-bond donors (Lipinski definition) is 2. The predicted molar refractivity (Wildman–Crippen MR) is 122 cm³/mol. The van der Waals surface area contributed by atoms with Gasteiger partial charge in [-0.15, -0.1) is 0 Å². The molecule has 6 nitrogen and oxygen atoms in total. The van der Waals surface area contributed by atoms with Crippen LogP contribution < -0.4 is 15.4 Å². The Kier molecular flexibility index (Phi) is 5.89. The lowest BCUT2D eigenvalue weighted by Crippen LogP contribution is -2.14. The largest absolute Gasteiger partial charge is 0.494 e. The Morgan fingerprint density at radius 2 is 1.42 bits per heavy atom. The van der Waals surface area contributed by atoms with Crippen molar-refractivity contribution in [2.45, 2.75) is 6.92 Å². The van der Waals surface area contributed by atoms with Crippen molar-refractivity contribution in [3.8, 4) is 5.75 Å². The van der Waals surface area contributed by atoms with Crippen LogP contribution in [0.5, 0.6) is 5.75 Å². The van der Waals surface area contributed by atoms with Crippen LogP contribution in [0.2, 0.25) is 0 Å². The number of pyridine rings is 1. The van der Waals surface area contributed by atoms with E-state index in [4.69, 9.17) is 4.74 Å². The number of carbonyl (C=O) groups is 2. The SMILES string of the molecule is CCOc1ccc(NC(=O)c2ccc(NC(=O)c3ccc4ccccc4n3)cc2)cc1. The molecule has 0 bridgehead atoms. The van der Waals surface area contributed by atoms with E-state index in [1.54, 1.807) is 54.6 Å². The van der Waals surface area contributed by atoms with Gasteiger partial charge in [0.1, 0.15) is 11.4 Å². The molecule has 2 N–H and O–H groups in total. The second-order valence-corrected chi connectivity index (χ2v) is 6.83. The van der Waals surface area contributed by atoms with Gasteiger partial charge in [-0.2, -0.15) is 0 Å². The Morgan fingerprint density at radius 1 is 0.774 bits per heavy atom. The molecule has 1 aromatic heterocycles. The van der Waals surface area contributed by atoms with E-state index in [0.29, 0.717) is 29.2 Å². The van der Waals surface area contributed by atoms with Crippen LogP contribution in [0.4, 0.5) is 11.4 Å². The van der Waals surface area contributed by atoms with Crippen molar-refractivity contribution < 1.29 is 14.3 Å². The van der Waals surface area contributed by atoms with Gasteiger partial charge in [-0.3, -0.25) is 9.59 Å². The smallest absolute Gasteiger partial charge is 0.274 e. The minimum absolute atomic E-state index is 0.238. The number of rotatable bonds is 6. The molecule has 2 amide bonds. The Balaban J connectivity index is 1.39. The third-order valence-electron chi connectivity index (χ3n) is 4.66. The number of hydrogen-bond acceptors (Lipinski definition) is 4. The molecule has 0 saturated carbocycles. The Morgan fingerprint density at radius 3 is 2.13 bits per heavy atom. The highest BCUT2D eigenvalue weighted by Crippen LogP contribution is 2.18. The summed E-state index contributed by atoms with van der Waals surface area (Å²) in [6.07, 6.45) is 0. The molecular formula is C25H21N3O3. The maximum absolute atomic E-state index is 12.5. The lowest BCUT2D eigenvalue weighted by Gasteiger charge is -2.09. The molecule has 0 atom stereocenters. The summed E-state index contributed by atoms with van der Waals surface area (Å²) < 4.78 is 5.40. The summed E-state index contributed by atoms with van der Waals surface area (Å²) in [5, 5.41) is 6.62. The summed E-state index contributed by atoms with van der Waals surface area (Å²) >= 11 is 0. The van der Waals surface area contributed by atoms with Crippen molar-refractivity contribution in [1.82, 2.24) is 4.98 Å². The second kappa shape index (κ2) is 9.09. The third-order valence-corrected chi connectivity index (χ3v) is 4.66. The van der Waals surface area contributed by atoms with E-state index in [2.05, 4.69) is 15.6 Å². The van der Waals surface area contributed by atoms with Crippen LogP contribution in [0, 0.1) is 0 Å². The number of carbonyl (C=O) groups excluding carboxylic acids is 2. The van der Waals surface area contributed by atoms with Crippen LogP contribution in [0.1, 0.15) is 27.8 Å². The second-order valence-electron chi connectivity index (χ2n) is 6.83. The van der Waals surface area contributed by atoms with Crippen LogP contribution in [0.15, 0.2) is 84.9 Å². The van der Waals surface area contributed by atoms with Gasteiger partial charge in [0.2, 0.25) is 0 Å². The van der Waals surface area contributed by atoms with E-state index in [9.17, 15) is 9.59 Å². The summed E-state index contributed by atoms with van der Waals surface area (Å²) in [5.41, 5.74) is 2.83. The maximum atomic E-state index is 12.5. The molecule has 154 valence electrons. The first-order valence-corrected chi connectivity index (χ1v) is 9.94. The molecule has 0 radical (unpaired) electrons. The number of aromatic nitrogens is 1. The minimum atomic E-state index is -0.308. The summed E-state index contributed by atoms with van der Waals surface area (Å²) in [7, 11) is 0. The van der Waals surface area contributed by atoms with E-state index in [1.165, 1.54) is 0 Å². The van der Waals surface area contributed by atoms with Gasteiger partial charge >= 0.3 is 0 Å². The molecule has 0 aliphatic carbocycles. The molecule has 0 aliphatic rings. The number of ether oxygens (including phenoxy) is 1. The summed E-state index contributed by atoms with van der Waals surface area (Å²) in [5.74, 6) is 0.206. The van der Waals surface area contributed by atoms with Crippen LogP contribution in [0.25, 0.3) is 10.9 Å². The number of para-hydroxylation sites is 1. The van der Waals surface area contributed by atoms with Gasteiger partial charge in [0, 0.05) is 22.3 Å². The first-order valence-electron chi connectivity index (χ1n) is 9.94. The van der Waals surface area contributed by atoms with Crippen molar-refractivity contribution in [3.63, 3.8) is 0 Å². The number of anilines is 2. The number of nitrogens with zero attached hydrogens (tertiary/aromatic N) is 1. The standard InChI is InChI=1S/C25H21N3O3/c1-2-31-21-14-12-20(13-15-21)26-24(29)18-7-10-19(11-8-18)27-25(30)23-16-9-17-5-3-4-6-22(17)28-23/h3-16H,2H2,1H3,(H,26,29)(H,27,30). The zero-order valence-electron chi connectivity index (χ0n) is 17.0. The molecule has 0 aliphatic heterocycles. The fourth-order valence-electron chi connectivity index (χ4n) is 3.10. The molecule has 4 aromatic rings. The average Bonchev–Trinajstić information content (AvgIpc) is 2.80. The Bertz CT molecular complexity index is 1220. The average molecular weight is 411 g/mol. The van der Waals surface area contributed by atoms with Crippen LogP contribution >= 0.6 is 0 Å². The summed E-state index contributed by atoms with van der Waals surface area (Å²) in [6.45, 7) is 2.51. The molecule has 6 heteroatoms. The lowest BCUT2D eigenvalue weighted by molar-refractivity contribution is 0.101. The Labute approximate surface area is 179 Å². The fraction of sp³-hybridized carbons (Fsp3) is 0.0800. The lowest BCUT2D eigenvalue weighted by atomic mass is 10.1. The van der Waals surface area contributed by atoms with Gasteiger partial charge in [-0.05, 0) is 67.6 Å². The quantitative estimate of drug-likeness (QED) is 0.460. The maximum Gasteiger partial charge on any atom is 0.274 e. The highest BCUT2D eigenvalue weighted by molar-refractivity contribution is 6.06.